The lowest BCUT2D eigenvalue weighted by Gasteiger charge is -2.31. The van der Waals surface area contributed by atoms with Crippen molar-refractivity contribution in [2.24, 2.45) is 0 Å². The molecule has 0 bridgehead atoms. The molecule has 2 N–H and O–H groups in total. The van der Waals surface area contributed by atoms with Crippen LogP contribution in [0.5, 0.6) is 0 Å². The van der Waals surface area contributed by atoms with Crippen LogP contribution in [0.1, 0.15) is 33.1 Å². The van der Waals surface area contributed by atoms with E-state index in [1.54, 1.807) is 30.4 Å². The van der Waals surface area contributed by atoms with Gasteiger partial charge in [-0.15, -0.1) is 11.8 Å². The van der Waals surface area contributed by atoms with Crippen LogP contribution >= 0.6 is 11.8 Å². The summed E-state index contributed by atoms with van der Waals surface area (Å²) in [5.74, 6) is 0. The lowest BCUT2D eigenvalue weighted by atomic mass is 9.98. The van der Waals surface area contributed by atoms with Crippen LogP contribution in [0.4, 0.5) is 0 Å². The van der Waals surface area contributed by atoms with Gasteiger partial charge in [0.05, 0.1) is 12.8 Å². The van der Waals surface area contributed by atoms with Crippen molar-refractivity contribution in [3.63, 3.8) is 0 Å². The Morgan fingerprint density at radius 3 is 3.00 bits per heavy atom. The van der Waals surface area contributed by atoms with Crippen LogP contribution in [-0.2, 0) is 0 Å². The second-order valence-corrected chi connectivity index (χ2v) is 6.58. The number of thioether (sulfide) groups is 1. The summed E-state index contributed by atoms with van der Waals surface area (Å²) in [4.78, 5) is 8.38. The normalized spacial score (nSPS) is 27.9. The molecule has 5 heteroatoms. The van der Waals surface area contributed by atoms with Gasteiger partial charge >= 0.3 is 0 Å². The first-order valence-corrected chi connectivity index (χ1v) is 7.33. The lowest BCUT2D eigenvalue weighted by molar-refractivity contribution is 0.156. The Hall–Kier alpha value is -0.650. The minimum atomic E-state index is -0.103. The molecule has 1 aliphatic rings. The van der Waals surface area contributed by atoms with Crippen molar-refractivity contribution in [1.29, 1.82) is 0 Å². The van der Waals surface area contributed by atoms with Crippen LogP contribution in [-0.4, -0.2) is 38.5 Å². The molecular weight excluding hydrogens is 246 g/mol. The highest BCUT2D eigenvalue weighted by molar-refractivity contribution is 7.99. The van der Waals surface area contributed by atoms with Crippen molar-refractivity contribution in [2.45, 2.75) is 55.0 Å². The van der Waals surface area contributed by atoms with E-state index < -0.39 is 0 Å². The van der Waals surface area contributed by atoms with Crippen molar-refractivity contribution in [2.75, 3.05) is 6.61 Å². The van der Waals surface area contributed by atoms with E-state index in [1.807, 2.05) is 0 Å². The molecule has 0 radical (unpaired) electrons. The maximum atomic E-state index is 9.65. The van der Waals surface area contributed by atoms with Crippen LogP contribution in [0.25, 0.3) is 0 Å². The Bertz CT molecular complexity index is 374. The number of aliphatic hydroxyl groups excluding tert-OH is 1. The molecule has 18 heavy (non-hydrogen) atoms. The minimum absolute atomic E-state index is 0.103. The van der Waals surface area contributed by atoms with Crippen LogP contribution < -0.4 is 5.32 Å². The van der Waals surface area contributed by atoms with Crippen LogP contribution in [0.15, 0.2) is 23.6 Å². The molecule has 1 aromatic rings. The first kappa shape index (κ1) is 13.8. The third kappa shape index (κ3) is 3.43. The van der Waals surface area contributed by atoms with E-state index in [-0.39, 0.29) is 12.1 Å². The van der Waals surface area contributed by atoms with Crippen LogP contribution in [0.2, 0.25) is 0 Å². The standard InChI is InChI=1S/C13H21N3OS/c1-10(2)16-13(9-17)4-3-11(7-13)18-12-8-14-5-6-15-12/h5-6,8,10-11,16-17H,3-4,7,9H2,1-2H3. The Morgan fingerprint density at radius 1 is 1.56 bits per heavy atom. The molecule has 2 unspecified atom stereocenters. The minimum Gasteiger partial charge on any atom is -0.394 e. The van der Waals surface area contributed by atoms with Gasteiger partial charge in [0.1, 0.15) is 5.03 Å². The predicted molar refractivity (Wildman–Crippen MR) is 73.6 cm³/mol. The summed E-state index contributed by atoms with van der Waals surface area (Å²) in [6.07, 6.45) is 8.35. The van der Waals surface area contributed by atoms with Gasteiger partial charge in [-0.05, 0) is 19.3 Å². The van der Waals surface area contributed by atoms with Gasteiger partial charge in [-0.25, -0.2) is 4.98 Å². The largest absolute Gasteiger partial charge is 0.394 e. The van der Waals surface area contributed by atoms with E-state index in [0.29, 0.717) is 11.3 Å². The van der Waals surface area contributed by atoms with Gasteiger partial charge < -0.3 is 10.4 Å². The topological polar surface area (TPSA) is 58.0 Å². The highest BCUT2D eigenvalue weighted by Crippen LogP contribution is 2.39. The van der Waals surface area contributed by atoms with Gasteiger partial charge in [-0.3, -0.25) is 4.98 Å². The van der Waals surface area contributed by atoms with Gasteiger partial charge in [0.25, 0.3) is 0 Å². The summed E-state index contributed by atoms with van der Waals surface area (Å²) < 4.78 is 0. The van der Waals surface area contributed by atoms with E-state index in [2.05, 4.69) is 29.1 Å². The predicted octanol–water partition coefficient (Wildman–Crippen LogP) is 1.85. The zero-order valence-corrected chi connectivity index (χ0v) is 11.8. The van der Waals surface area contributed by atoms with Gasteiger partial charge in [0.2, 0.25) is 0 Å². The number of aliphatic hydroxyl groups is 1. The Morgan fingerprint density at radius 2 is 2.39 bits per heavy atom. The molecule has 1 aliphatic carbocycles. The van der Waals surface area contributed by atoms with E-state index in [1.165, 1.54) is 0 Å². The number of nitrogens with zero attached hydrogens (tertiary/aromatic N) is 2. The molecule has 100 valence electrons. The zero-order chi connectivity index (χ0) is 13.0. The summed E-state index contributed by atoms with van der Waals surface area (Å²) in [5, 5.41) is 14.7. The van der Waals surface area contributed by atoms with Gasteiger partial charge in [0, 0.05) is 29.2 Å². The molecule has 2 rings (SSSR count). The number of aromatic nitrogens is 2. The molecule has 4 nitrogen and oxygen atoms in total. The molecule has 0 aliphatic heterocycles. The first-order valence-electron chi connectivity index (χ1n) is 6.45. The fourth-order valence-corrected chi connectivity index (χ4v) is 3.85. The smallest absolute Gasteiger partial charge is 0.115 e. The molecule has 0 amide bonds. The average molecular weight is 267 g/mol. The number of rotatable bonds is 5. The molecule has 1 aromatic heterocycles. The molecule has 0 spiro atoms. The molecule has 1 saturated carbocycles. The fraction of sp³-hybridized carbons (Fsp3) is 0.692. The third-order valence-corrected chi connectivity index (χ3v) is 4.48. The van der Waals surface area contributed by atoms with E-state index in [0.717, 1.165) is 24.3 Å². The van der Waals surface area contributed by atoms with Crippen LogP contribution in [0.3, 0.4) is 0 Å². The fourth-order valence-electron chi connectivity index (χ4n) is 2.63. The van der Waals surface area contributed by atoms with E-state index >= 15 is 0 Å². The average Bonchev–Trinajstić information content (AvgIpc) is 2.73. The monoisotopic (exact) mass is 267 g/mol. The van der Waals surface area contributed by atoms with Crippen LogP contribution in [0, 0.1) is 0 Å². The molecule has 0 saturated heterocycles. The lowest BCUT2D eigenvalue weighted by Crippen LogP contribution is -2.49. The number of hydrogen-bond acceptors (Lipinski definition) is 5. The van der Waals surface area contributed by atoms with Crippen molar-refractivity contribution >= 4 is 11.8 Å². The van der Waals surface area contributed by atoms with Crippen molar-refractivity contribution in [3.05, 3.63) is 18.6 Å². The summed E-state index contributed by atoms with van der Waals surface area (Å²) in [6, 6.07) is 0.400. The van der Waals surface area contributed by atoms with Gasteiger partial charge in [-0.1, -0.05) is 13.8 Å². The highest BCUT2D eigenvalue weighted by Gasteiger charge is 2.39. The second-order valence-electron chi connectivity index (χ2n) is 5.26. The van der Waals surface area contributed by atoms with Crippen molar-refractivity contribution < 1.29 is 5.11 Å². The Kier molecular flexibility index (Phi) is 4.59. The molecule has 0 aromatic carbocycles. The zero-order valence-electron chi connectivity index (χ0n) is 11.0. The Labute approximate surface area is 113 Å². The summed E-state index contributed by atoms with van der Waals surface area (Å²) in [7, 11) is 0. The van der Waals surface area contributed by atoms with Gasteiger partial charge in [-0.2, -0.15) is 0 Å². The second kappa shape index (κ2) is 5.99. The number of hydrogen-bond donors (Lipinski definition) is 2. The Balaban J connectivity index is 1.94. The summed E-state index contributed by atoms with van der Waals surface area (Å²) >= 11 is 1.77. The van der Waals surface area contributed by atoms with Crippen molar-refractivity contribution in [1.82, 2.24) is 15.3 Å². The molecule has 1 heterocycles. The third-order valence-electron chi connectivity index (χ3n) is 3.29. The SMILES string of the molecule is CC(C)NC1(CO)CCC(Sc2cnccn2)C1. The van der Waals surface area contributed by atoms with E-state index in [4.69, 9.17) is 0 Å². The van der Waals surface area contributed by atoms with Crippen molar-refractivity contribution in [3.8, 4) is 0 Å². The summed E-state index contributed by atoms with van der Waals surface area (Å²) in [6.45, 7) is 4.46. The maximum Gasteiger partial charge on any atom is 0.115 e. The quantitative estimate of drug-likeness (QED) is 0.852. The first-order chi connectivity index (χ1) is 8.63. The molecule has 1 fully saturated rings. The molecular formula is C13H21N3OS. The van der Waals surface area contributed by atoms with Gasteiger partial charge in [0.15, 0.2) is 0 Å². The maximum absolute atomic E-state index is 9.65. The molecule has 2 atom stereocenters. The van der Waals surface area contributed by atoms with E-state index in [9.17, 15) is 5.11 Å². The summed E-state index contributed by atoms with van der Waals surface area (Å²) in [5.41, 5.74) is -0.103. The number of nitrogens with one attached hydrogen (secondary N) is 1. The highest BCUT2D eigenvalue weighted by atomic mass is 32.2.